The van der Waals surface area contributed by atoms with Gasteiger partial charge in [0.05, 0.1) is 0 Å². The Hall–Kier alpha value is -2.74. The fourth-order valence-electron chi connectivity index (χ4n) is 3.76. The van der Waals surface area contributed by atoms with Gasteiger partial charge in [0.25, 0.3) is 0 Å². The number of fused-ring (bicyclic) bond motifs is 2. The second-order valence-electron chi connectivity index (χ2n) is 8.48. The third-order valence-electron chi connectivity index (χ3n) is 5.53. The zero-order chi connectivity index (χ0) is 19.0. The molecule has 0 radical (unpaired) electrons. The Kier molecular flexibility index (Phi) is 4.43. The molecule has 2 aromatic heterocycles. The average molecular weight is 356 g/mol. The molecule has 2 aromatic carbocycles. The molecule has 0 saturated heterocycles. The lowest BCUT2D eigenvalue weighted by atomic mass is 9.83. The molecule has 2 heterocycles. The van der Waals surface area contributed by atoms with Gasteiger partial charge in [-0.1, -0.05) is 38.1 Å². The lowest BCUT2D eigenvalue weighted by molar-refractivity contribution is -0.703. The van der Waals surface area contributed by atoms with Crippen molar-refractivity contribution in [2.24, 2.45) is 0 Å². The Bertz CT molecular complexity index is 1110. The fourth-order valence-corrected chi connectivity index (χ4v) is 3.76. The molecular formula is C25H27N2+. The van der Waals surface area contributed by atoms with Crippen LogP contribution in [-0.4, -0.2) is 4.98 Å². The molecule has 4 rings (SSSR count). The molecule has 0 N–H and O–H groups in total. The van der Waals surface area contributed by atoms with E-state index in [4.69, 9.17) is 0 Å². The van der Waals surface area contributed by atoms with E-state index in [1.807, 2.05) is 12.4 Å². The van der Waals surface area contributed by atoms with Gasteiger partial charge in [-0.15, -0.1) is 0 Å². The molecule has 0 saturated carbocycles. The molecule has 2 heteroatoms. The lowest BCUT2D eigenvalue weighted by Crippen LogP contribution is -2.42. The Morgan fingerprint density at radius 1 is 0.889 bits per heavy atom. The van der Waals surface area contributed by atoms with E-state index < -0.39 is 0 Å². The van der Waals surface area contributed by atoms with Crippen molar-refractivity contribution in [1.29, 1.82) is 0 Å². The van der Waals surface area contributed by atoms with E-state index in [9.17, 15) is 0 Å². The zero-order valence-electron chi connectivity index (χ0n) is 16.6. The summed E-state index contributed by atoms with van der Waals surface area (Å²) in [6, 6.07) is 17.8. The maximum atomic E-state index is 4.27. The molecule has 0 bridgehead atoms. The van der Waals surface area contributed by atoms with Crippen LogP contribution in [0.25, 0.3) is 21.5 Å². The standard InChI is InChI=1S/C25H27N2/c1-18(2)20-5-6-22-16-27(12-10-21(22)13-20)17-25(3,4)24-8-7-19-9-11-26-15-23(19)14-24/h5-16,18H,17H2,1-4H3/q+1. The summed E-state index contributed by atoms with van der Waals surface area (Å²) in [7, 11) is 0. The minimum atomic E-state index is 0.0280. The number of rotatable bonds is 4. The Morgan fingerprint density at radius 2 is 1.70 bits per heavy atom. The van der Waals surface area contributed by atoms with E-state index in [1.54, 1.807) is 0 Å². The first-order valence-electron chi connectivity index (χ1n) is 9.69. The van der Waals surface area contributed by atoms with E-state index in [0.29, 0.717) is 5.92 Å². The molecule has 0 amide bonds. The first-order valence-corrected chi connectivity index (χ1v) is 9.69. The normalized spacial score (nSPS) is 12.2. The van der Waals surface area contributed by atoms with Crippen molar-refractivity contribution < 1.29 is 4.57 Å². The van der Waals surface area contributed by atoms with E-state index in [2.05, 4.69) is 98.2 Å². The molecule has 0 aliphatic rings. The van der Waals surface area contributed by atoms with Crippen molar-refractivity contribution in [3.8, 4) is 0 Å². The van der Waals surface area contributed by atoms with Gasteiger partial charge in [0.15, 0.2) is 18.9 Å². The lowest BCUT2D eigenvalue weighted by Gasteiger charge is -2.22. The number of hydrogen-bond acceptors (Lipinski definition) is 1. The molecule has 0 aliphatic carbocycles. The highest BCUT2D eigenvalue weighted by Gasteiger charge is 2.26. The number of nitrogens with zero attached hydrogens (tertiary/aromatic N) is 2. The summed E-state index contributed by atoms with van der Waals surface area (Å²) < 4.78 is 2.31. The summed E-state index contributed by atoms with van der Waals surface area (Å²) in [5, 5.41) is 5.05. The van der Waals surface area contributed by atoms with E-state index in [1.165, 1.54) is 32.7 Å². The first kappa shape index (κ1) is 17.7. The molecular weight excluding hydrogens is 328 g/mol. The van der Waals surface area contributed by atoms with E-state index in [-0.39, 0.29) is 5.41 Å². The van der Waals surface area contributed by atoms with Crippen molar-refractivity contribution in [1.82, 2.24) is 4.98 Å². The van der Waals surface area contributed by atoms with Crippen molar-refractivity contribution in [3.63, 3.8) is 0 Å². The number of pyridine rings is 2. The van der Waals surface area contributed by atoms with Crippen molar-refractivity contribution >= 4 is 21.5 Å². The van der Waals surface area contributed by atoms with Crippen molar-refractivity contribution in [2.45, 2.75) is 45.6 Å². The predicted molar refractivity (Wildman–Crippen MR) is 113 cm³/mol. The monoisotopic (exact) mass is 355 g/mol. The van der Waals surface area contributed by atoms with Crippen LogP contribution in [0.1, 0.15) is 44.7 Å². The quantitative estimate of drug-likeness (QED) is 0.424. The maximum Gasteiger partial charge on any atom is 0.176 e. The molecule has 136 valence electrons. The van der Waals surface area contributed by atoms with E-state index in [0.717, 1.165) is 6.54 Å². The van der Waals surface area contributed by atoms with Gasteiger partial charge >= 0.3 is 0 Å². The summed E-state index contributed by atoms with van der Waals surface area (Å²) in [6.07, 6.45) is 8.27. The molecule has 0 atom stereocenters. The summed E-state index contributed by atoms with van der Waals surface area (Å²) in [5.41, 5.74) is 2.76. The molecule has 0 spiro atoms. The van der Waals surface area contributed by atoms with Crippen LogP contribution in [0.4, 0.5) is 0 Å². The number of aromatic nitrogens is 2. The molecule has 0 aliphatic heterocycles. The van der Waals surface area contributed by atoms with Crippen LogP contribution in [0, 0.1) is 0 Å². The second kappa shape index (κ2) is 6.77. The Balaban J connectivity index is 1.65. The zero-order valence-corrected chi connectivity index (χ0v) is 16.6. The maximum absolute atomic E-state index is 4.27. The summed E-state index contributed by atoms with van der Waals surface area (Å²) in [4.78, 5) is 4.27. The average Bonchev–Trinajstić information content (AvgIpc) is 2.66. The second-order valence-corrected chi connectivity index (χ2v) is 8.48. The number of hydrogen-bond donors (Lipinski definition) is 0. The third kappa shape index (κ3) is 3.57. The number of benzene rings is 2. The Labute approximate surface area is 161 Å². The fraction of sp³-hybridized carbons (Fsp3) is 0.280. The van der Waals surface area contributed by atoms with Gasteiger partial charge in [-0.05, 0) is 59.9 Å². The van der Waals surface area contributed by atoms with Crippen LogP contribution in [0.3, 0.4) is 0 Å². The minimum Gasteiger partial charge on any atom is -0.264 e. The summed E-state index contributed by atoms with van der Waals surface area (Å²) in [5.74, 6) is 0.558. The topological polar surface area (TPSA) is 16.8 Å². The smallest absolute Gasteiger partial charge is 0.176 e. The van der Waals surface area contributed by atoms with E-state index >= 15 is 0 Å². The minimum absolute atomic E-state index is 0.0280. The molecule has 4 aromatic rings. The Morgan fingerprint density at radius 3 is 2.52 bits per heavy atom. The highest BCUT2D eigenvalue weighted by atomic mass is 14.9. The van der Waals surface area contributed by atoms with Crippen LogP contribution in [0.2, 0.25) is 0 Å². The molecule has 0 fully saturated rings. The first-order chi connectivity index (χ1) is 12.9. The van der Waals surface area contributed by atoms with Crippen molar-refractivity contribution in [3.05, 3.63) is 84.4 Å². The third-order valence-corrected chi connectivity index (χ3v) is 5.53. The van der Waals surface area contributed by atoms with Gasteiger partial charge in [0.2, 0.25) is 0 Å². The van der Waals surface area contributed by atoms with Gasteiger partial charge < -0.3 is 0 Å². The molecule has 2 nitrogen and oxygen atoms in total. The van der Waals surface area contributed by atoms with Gasteiger partial charge in [0.1, 0.15) is 0 Å². The van der Waals surface area contributed by atoms with Gasteiger partial charge in [0, 0.05) is 34.6 Å². The SMILES string of the molecule is CC(C)c1ccc2c[n+](CC(C)(C)c3ccc4ccncc4c3)ccc2c1. The van der Waals surface area contributed by atoms with Crippen LogP contribution in [-0.2, 0) is 12.0 Å². The van der Waals surface area contributed by atoms with Crippen LogP contribution in [0.5, 0.6) is 0 Å². The van der Waals surface area contributed by atoms with Crippen LogP contribution in [0.15, 0.2) is 73.3 Å². The van der Waals surface area contributed by atoms with Gasteiger partial charge in [-0.3, -0.25) is 4.98 Å². The van der Waals surface area contributed by atoms with Crippen LogP contribution >= 0.6 is 0 Å². The summed E-state index contributed by atoms with van der Waals surface area (Å²) >= 11 is 0. The van der Waals surface area contributed by atoms with Crippen molar-refractivity contribution in [2.75, 3.05) is 0 Å². The molecule has 27 heavy (non-hydrogen) atoms. The highest BCUT2D eigenvalue weighted by Crippen LogP contribution is 2.27. The van der Waals surface area contributed by atoms with Gasteiger partial charge in [-0.25, -0.2) is 4.57 Å². The van der Waals surface area contributed by atoms with Gasteiger partial charge in [-0.2, -0.15) is 0 Å². The molecule has 0 unspecified atom stereocenters. The summed E-state index contributed by atoms with van der Waals surface area (Å²) in [6.45, 7) is 10.0. The largest absolute Gasteiger partial charge is 0.264 e. The van der Waals surface area contributed by atoms with Crippen LogP contribution < -0.4 is 4.57 Å². The predicted octanol–water partition coefficient (Wildman–Crippen LogP) is 5.78. The highest BCUT2D eigenvalue weighted by molar-refractivity contribution is 5.82.